The Hall–Kier alpha value is -1.47. The van der Waals surface area contributed by atoms with Crippen LogP contribution < -0.4 is 14.8 Å². The first-order chi connectivity index (χ1) is 10.8. The lowest BCUT2D eigenvalue weighted by atomic mass is 10.0. The smallest absolute Gasteiger partial charge is 0.229 e. The van der Waals surface area contributed by atoms with Crippen molar-refractivity contribution < 1.29 is 13.2 Å². The van der Waals surface area contributed by atoms with Gasteiger partial charge in [-0.2, -0.15) is 0 Å². The summed E-state index contributed by atoms with van der Waals surface area (Å²) in [5.41, 5.74) is 1.15. The Balaban J connectivity index is 2.33. The fraction of sp³-hybridized carbons (Fsp3) is 0.533. The average molecular weight is 360 g/mol. The maximum absolute atomic E-state index is 11.6. The molecule has 0 saturated carbocycles. The SMILES string of the molecule is CC(C)Cc1c(OCC2=NCCN2)ccc(Cl)c1NS(C)(=O)=O. The molecule has 8 heteroatoms. The number of benzene rings is 1. The quantitative estimate of drug-likeness (QED) is 0.782. The van der Waals surface area contributed by atoms with Gasteiger partial charge < -0.3 is 10.1 Å². The summed E-state index contributed by atoms with van der Waals surface area (Å²) < 4.78 is 31.6. The molecular formula is C15H22ClN3O3S. The number of nitrogens with zero attached hydrogens (tertiary/aromatic N) is 1. The minimum atomic E-state index is -3.43. The van der Waals surface area contributed by atoms with Gasteiger partial charge in [0.25, 0.3) is 0 Å². The summed E-state index contributed by atoms with van der Waals surface area (Å²) in [6.45, 7) is 6.00. The van der Waals surface area contributed by atoms with E-state index in [1.54, 1.807) is 12.1 Å². The fourth-order valence-corrected chi connectivity index (χ4v) is 3.22. The summed E-state index contributed by atoms with van der Waals surface area (Å²) in [4.78, 5) is 4.28. The van der Waals surface area contributed by atoms with Crippen LogP contribution in [-0.2, 0) is 16.4 Å². The van der Waals surface area contributed by atoms with Crippen molar-refractivity contribution in [1.29, 1.82) is 0 Å². The van der Waals surface area contributed by atoms with Gasteiger partial charge in [0.05, 0.1) is 23.5 Å². The Bertz CT molecular complexity index is 702. The van der Waals surface area contributed by atoms with Gasteiger partial charge in [-0.25, -0.2) is 8.42 Å². The highest BCUT2D eigenvalue weighted by Crippen LogP contribution is 2.36. The van der Waals surface area contributed by atoms with Crippen molar-refractivity contribution in [2.45, 2.75) is 20.3 Å². The molecule has 1 aliphatic rings. The number of aliphatic imine (C=N–C) groups is 1. The van der Waals surface area contributed by atoms with Gasteiger partial charge in [0.1, 0.15) is 18.2 Å². The maximum atomic E-state index is 11.6. The zero-order valence-corrected chi connectivity index (χ0v) is 15.1. The molecule has 0 saturated heterocycles. The van der Waals surface area contributed by atoms with Crippen LogP contribution in [0.15, 0.2) is 17.1 Å². The highest BCUT2D eigenvalue weighted by atomic mass is 35.5. The van der Waals surface area contributed by atoms with Crippen LogP contribution in [0.3, 0.4) is 0 Å². The van der Waals surface area contributed by atoms with E-state index in [2.05, 4.69) is 28.9 Å². The van der Waals surface area contributed by atoms with Crippen LogP contribution in [-0.4, -0.2) is 40.2 Å². The average Bonchev–Trinajstić information content (AvgIpc) is 2.93. The standard InChI is InChI=1S/C15H22ClN3O3S/c1-10(2)8-11-13(22-9-14-17-6-7-18-14)5-4-12(16)15(11)19-23(3,20)21/h4-5,10,19H,6-9H2,1-3H3,(H,17,18). The second-order valence-electron chi connectivity index (χ2n) is 5.92. The first kappa shape index (κ1) is 17.9. The van der Waals surface area contributed by atoms with Gasteiger partial charge >= 0.3 is 0 Å². The summed E-state index contributed by atoms with van der Waals surface area (Å²) in [6, 6.07) is 3.40. The number of sulfonamides is 1. The van der Waals surface area contributed by atoms with E-state index in [0.717, 1.165) is 30.7 Å². The zero-order valence-electron chi connectivity index (χ0n) is 13.5. The van der Waals surface area contributed by atoms with E-state index in [0.29, 0.717) is 35.4 Å². The van der Waals surface area contributed by atoms with E-state index >= 15 is 0 Å². The Morgan fingerprint density at radius 2 is 2.17 bits per heavy atom. The number of nitrogens with one attached hydrogen (secondary N) is 2. The van der Waals surface area contributed by atoms with Gasteiger partial charge in [0.2, 0.25) is 10.0 Å². The largest absolute Gasteiger partial charge is 0.485 e. The van der Waals surface area contributed by atoms with Crippen LogP contribution >= 0.6 is 11.6 Å². The lowest BCUT2D eigenvalue weighted by molar-refractivity contribution is 0.367. The van der Waals surface area contributed by atoms with Crippen LogP contribution in [0.2, 0.25) is 5.02 Å². The number of anilines is 1. The summed E-state index contributed by atoms with van der Waals surface area (Å²) in [6.07, 6.45) is 1.75. The maximum Gasteiger partial charge on any atom is 0.229 e. The van der Waals surface area contributed by atoms with Crippen LogP contribution in [0.5, 0.6) is 5.75 Å². The van der Waals surface area contributed by atoms with Crippen molar-refractivity contribution in [3.63, 3.8) is 0 Å². The molecule has 2 N–H and O–H groups in total. The summed E-state index contributed by atoms with van der Waals surface area (Å²) in [7, 11) is -3.43. The topological polar surface area (TPSA) is 79.8 Å². The monoisotopic (exact) mass is 359 g/mol. The molecule has 0 fully saturated rings. The van der Waals surface area contributed by atoms with Gasteiger partial charge in [-0.1, -0.05) is 25.4 Å². The summed E-state index contributed by atoms with van der Waals surface area (Å²) >= 11 is 6.20. The van der Waals surface area contributed by atoms with Crippen molar-refractivity contribution in [2.75, 3.05) is 30.7 Å². The number of amidine groups is 1. The van der Waals surface area contributed by atoms with E-state index < -0.39 is 10.0 Å². The second kappa shape index (κ2) is 7.40. The normalized spacial score (nSPS) is 14.6. The Morgan fingerprint density at radius 3 is 2.74 bits per heavy atom. The predicted octanol–water partition coefficient (Wildman–Crippen LogP) is 2.29. The molecular weight excluding hydrogens is 338 g/mol. The van der Waals surface area contributed by atoms with Crippen molar-refractivity contribution >= 4 is 33.1 Å². The molecule has 1 aromatic rings. The number of hydrogen-bond donors (Lipinski definition) is 2. The van der Waals surface area contributed by atoms with Crippen molar-refractivity contribution in [3.8, 4) is 5.75 Å². The minimum Gasteiger partial charge on any atom is -0.485 e. The second-order valence-corrected chi connectivity index (χ2v) is 8.07. The molecule has 0 aromatic heterocycles. The molecule has 0 atom stereocenters. The minimum absolute atomic E-state index is 0.317. The van der Waals surface area contributed by atoms with Crippen molar-refractivity contribution in [3.05, 3.63) is 22.7 Å². The van der Waals surface area contributed by atoms with Gasteiger partial charge in [0, 0.05) is 12.1 Å². The third-order valence-corrected chi connectivity index (χ3v) is 4.12. The van der Waals surface area contributed by atoms with Crippen molar-refractivity contribution in [2.24, 2.45) is 10.9 Å². The summed E-state index contributed by atoms with van der Waals surface area (Å²) in [5.74, 6) is 1.73. The number of halogens is 1. The highest BCUT2D eigenvalue weighted by molar-refractivity contribution is 7.92. The third-order valence-electron chi connectivity index (χ3n) is 3.23. The summed E-state index contributed by atoms with van der Waals surface area (Å²) in [5, 5.41) is 3.49. The molecule has 0 radical (unpaired) electrons. The Labute approximate surface area is 142 Å². The van der Waals surface area contributed by atoms with Crippen LogP contribution in [0.4, 0.5) is 5.69 Å². The molecule has 0 unspecified atom stereocenters. The van der Waals surface area contributed by atoms with E-state index in [9.17, 15) is 8.42 Å². The molecule has 128 valence electrons. The Morgan fingerprint density at radius 1 is 1.43 bits per heavy atom. The Kier molecular flexibility index (Phi) is 5.75. The molecule has 0 amide bonds. The van der Waals surface area contributed by atoms with E-state index in [1.807, 2.05) is 0 Å². The number of hydrogen-bond acceptors (Lipinski definition) is 5. The third kappa shape index (κ3) is 5.28. The molecule has 1 heterocycles. The van der Waals surface area contributed by atoms with Crippen LogP contribution in [0.1, 0.15) is 19.4 Å². The molecule has 6 nitrogen and oxygen atoms in total. The first-order valence-corrected chi connectivity index (χ1v) is 9.72. The lowest BCUT2D eigenvalue weighted by Gasteiger charge is -2.19. The number of rotatable bonds is 7. The predicted molar refractivity (Wildman–Crippen MR) is 94.3 cm³/mol. The number of ether oxygens (including phenoxy) is 1. The van der Waals surface area contributed by atoms with Gasteiger partial charge in [0.15, 0.2) is 0 Å². The molecule has 23 heavy (non-hydrogen) atoms. The van der Waals surface area contributed by atoms with Crippen LogP contribution in [0.25, 0.3) is 0 Å². The van der Waals surface area contributed by atoms with E-state index in [-0.39, 0.29) is 0 Å². The molecule has 1 aromatic carbocycles. The van der Waals surface area contributed by atoms with Gasteiger partial charge in [-0.3, -0.25) is 9.71 Å². The molecule has 0 spiro atoms. The van der Waals surface area contributed by atoms with Crippen LogP contribution in [0, 0.1) is 5.92 Å². The van der Waals surface area contributed by atoms with Gasteiger partial charge in [-0.05, 0) is 24.5 Å². The lowest BCUT2D eigenvalue weighted by Crippen LogP contribution is -2.25. The first-order valence-electron chi connectivity index (χ1n) is 7.45. The zero-order chi connectivity index (χ0) is 17.0. The molecule has 0 bridgehead atoms. The fourth-order valence-electron chi connectivity index (χ4n) is 2.33. The van der Waals surface area contributed by atoms with Crippen molar-refractivity contribution in [1.82, 2.24) is 5.32 Å². The molecule has 2 rings (SSSR count). The van der Waals surface area contributed by atoms with E-state index in [1.165, 1.54) is 0 Å². The highest BCUT2D eigenvalue weighted by Gasteiger charge is 2.18. The van der Waals surface area contributed by atoms with Gasteiger partial charge in [-0.15, -0.1) is 0 Å². The van der Waals surface area contributed by atoms with E-state index in [4.69, 9.17) is 16.3 Å². The molecule has 1 aliphatic heterocycles. The molecule has 0 aliphatic carbocycles.